The molecular formula is C22H30N4O5. The number of nitrogens with one attached hydrogen (secondary N) is 2. The van der Waals surface area contributed by atoms with E-state index in [1.165, 1.54) is 0 Å². The molecule has 2 heterocycles. The second-order valence-corrected chi connectivity index (χ2v) is 7.52. The van der Waals surface area contributed by atoms with E-state index in [2.05, 4.69) is 15.5 Å². The van der Waals surface area contributed by atoms with Gasteiger partial charge >= 0.3 is 18.1 Å². The van der Waals surface area contributed by atoms with Gasteiger partial charge in [0.1, 0.15) is 0 Å². The van der Waals surface area contributed by atoms with Gasteiger partial charge in [0, 0.05) is 38.4 Å². The molecule has 2 aliphatic rings. The lowest BCUT2D eigenvalue weighted by Crippen LogP contribution is -2.52. The number of carbonyl (C=O) groups is 3. The Kier molecular flexibility index (Phi) is 7.51. The van der Waals surface area contributed by atoms with Crippen molar-refractivity contribution in [3.05, 3.63) is 46.7 Å². The molecule has 31 heavy (non-hydrogen) atoms. The minimum atomic E-state index is -0.593. The van der Waals surface area contributed by atoms with Gasteiger partial charge in [0.05, 0.1) is 24.8 Å². The Hall–Kier alpha value is -3.07. The van der Waals surface area contributed by atoms with Crippen LogP contribution >= 0.6 is 0 Å². The number of benzene rings is 1. The lowest BCUT2D eigenvalue weighted by molar-refractivity contribution is -0.139. The first-order chi connectivity index (χ1) is 14.9. The number of nitrogens with zero attached hydrogens (tertiary/aromatic N) is 2. The zero-order valence-corrected chi connectivity index (χ0v) is 18.3. The summed E-state index contributed by atoms with van der Waals surface area (Å²) in [6, 6.07) is 6.74. The molecule has 3 amide bonds. The number of esters is 1. The zero-order chi connectivity index (χ0) is 22.4. The van der Waals surface area contributed by atoms with Gasteiger partial charge in [-0.1, -0.05) is 29.8 Å². The highest BCUT2D eigenvalue weighted by Gasteiger charge is 2.35. The van der Waals surface area contributed by atoms with E-state index >= 15 is 0 Å². The van der Waals surface area contributed by atoms with E-state index in [9.17, 15) is 14.4 Å². The standard InChI is InChI=1S/C22H30N4O5/c1-4-30-20(27)18-17(14-25-10-12-26(13-11-25)22(29)31-5-2)23-21(28)24-19(18)16-8-6-15(3)7-9-16/h6-9,19H,4-5,10-14H2,1-3H3,(H2,23,24,28)/t19-/m1/s1. The van der Waals surface area contributed by atoms with Crippen molar-refractivity contribution in [3.8, 4) is 0 Å². The third-order valence-electron chi connectivity index (χ3n) is 5.34. The topological polar surface area (TPSA) is 100 Å². The minimum Gasteiger partial charge on any atom is -0.463 e. The Balaban J connectivity index is 1.82. The van der Waals surface area contributed by atoms with Crippen LogP contribution in [0.5, 0.6) is 0 Å². The molecule has 0 radical (unpaired) electrons. The fourth-order valence-electron chi connectivity index (χ4n) is 3.73. The van der Waals surface area contributed by atoms with E-state index in [4.69, 9.17) is 9.47 Å². The molecule has 0 saturated carbocycles. The third-order valence-corrected chi connectivity index (χ3v) is 5.34. The van der Waals surface area contributed by atoms with Crippen LogP contribution in [-0.4, -0.2) is 73.8 Å². The molecule has 9 nitrogen and oxygen atoms in total. The lowest BCUT2D eigenvalue weighted by Gasteiger charge is -2.36. The highest BCUT2D eigenvalue weighted by molar-refractivity contribution is 5.95. The number of ether oxygens (including phenoxy) is 2. The first kappa shape index (κ1) is 22.6. The fraction of sp³-hybridized carbons (Fsp3) is 0.500. The van der Waals surface area contributed by atoms with Crippen LogP contribution in [0.2, 0.25) is 0 Å². The Morgan fingerprint density at radius 1 is 1.03 bits per heavy atom. The van der Waals surface area contributed by atoms with Crippen molar-refractivity contribution >= 4 is 18.1 Å². The first-order valence-corrected chi connectivity index (χ1v) is 10.6. The fourth-order valence-corrected chi connectivity index (χ4v) is 3.73. The van der Waals surface area contributed by atoms with Crippen molar-refractivity contribution in [1.29, 1.82) is 0 Å². The van der Waals surface area contributed by atoms with Gasteiger partial charge in [-0.25, -0.2) is 14.4 Å². The summed E-state index contributed by atoms with van der Waals surface area (Å²) in [6.07, 6.45) is -0.316. The number of amides is 3. The molecule has 9 heteroatoms. The van der Waals surface area contributed by atoms with E-state index in [1.807, 2.05) is 31.2 Å². The Morgan fingerprint density at radius 2 is 1.68 bits per heavy atom. The van der Waals surface area contributed by atoms with Gasteiger partial charge in [-0.15, -0.1) is 0 Å². The first-order valence-electron chi connectivity index (χ1n) is 10.6. The molecule has 1 fully saturated rings. The van der Waals surface area contributed by atoms with Crippen molar-refractivity contribution < 1.29 is 23.9 Å². The number of urea groups is 1. The van der Waals surface area contributed by atoms with E-state index in [0.29, 0.717) is 50.6 Å². The average Bonchev–Trinajstić information content (AvgIpc) is 2.74. The van der Waals surface area contributed by atoms with Gasteiger partial charge in [0.15, 0.2) is 0 Å². The van der Waals surface area contributed by atoms with Gasteiger partial charge < -0.3 is 25.0 Å². The molecule has 0 aromatic heterocycles. The monoisotopic (exact) mass is 430 g/mol. The molecule has 2 N–H and O–H groups in total. The summed E-state index contributed by atoms with van der Waals surface area (Å²) in [5.74, 6) is -0.458. The van der Waals surface area contributed by atoms with Crippen molar-refractivity contribution in [2.75, 3.05) is 45.9 Å². The summed E-state index contributed by atoms with van der Waals surface area (Å²) < 4.78 is 10.4. The summed E-state index contributed by atoms with van der Waals surface area (Å²) in [6.45, 7) is 8.73. The molecule has 1 aromatic rings. The van der Waals surface area contributed by atoms with Crippen LogP contribution in [0.1, 0.15) is 31.0 Å². The number of carbonyl (C=O) groups excluding carboxylic acids is 3. The Labute approximate surface area is 182 Å². The molecule has 0 unspecified atom stereocenters. The highest BCUT2D eigenvalue weighted by Crippen LogP contribution is 2.28. The molecule has 0 bridgehead atoms. The van der Waals surface area contributed by atoms with Gasteiger partial charge in [0.25, 0.3) is 0 Å². The van der Waals surface area contributed by atoms with E-state index in [-0.39, 0.29) is 18.7 Å². The molecule has 2 aliphatic heterocycles. The second kappa shape index (κ2) is 10.3. The molecule has 3 rings (SSSR count). The number of rotatable bonds is 6. The summed E-state index contributed by atoms with van der Waals surface area (Å²) in [4.78, 5) is 41.0. The second-order valence-electron chi connectivity index (χ2n) is 7.52. The van der Waals surface area contributed by atoms with Gasteiger partial charge in [-0.05, 0) is 26.3 Å². The van der Waals surface area contributed by atoms with Crippen LogP contribution in [0.3, 0.4) is 0 Å². The van der Waals surface area contributed by atoms with Crippen LogP contribution < -0.4 is 10.6 Å². The largest absolute Gasteiger partial charge is 0.463 e. The van der Waals surface area contributed by atoms with Crippen LogP contribution in [-0.2, 0) is 14.3 Å². The van der Waals surface area contributed by atoms with Crippen molar-refractivity contribution in [2.24, 2.45) is 0 Å². The highest BCUT2D eigenvalue weighted by atomic mass is 16.6. The van der Waals surface area contributed by atoms with E-state index in [0.717, 1.165) is 11.1 Å². The predicted molar refractivity (Wildman–Crippen MR) is 114 cm³/mol. The number of hydrogen-bond donors (Lipinski definition) is 2. The van der Waals surface area contributed by atoms with Crippen molar-refractivity contribution in [2.45, 2.75) is 26.8 Å². The predicted octanol–water partition coefficient (Wildman–Crippen LogP) is 1.94. The smallest absolute Gasteiger partial charge is 0.409 e. The summed E-state index contributed by atoms with van der Waals surface area (Å²) >= 11 is 0. The maximum Gasteiger partial charge on any atom is 0.409 e. The van der Waals surface area contributed by atoms with Gasteiger partial charge in [-0.3, -0.25) is 4.90 Å². The molecular weight excluding hydrogens is 400 g/mol. The minimum absolute atomic E-state index is 0.238. The van der Waals surface area contributed by atoms with Gasteiger partial charge in [-0.2, -0.15) is 0 Å². The molecule has 168 valence electrons. The van der Waals surface area contributed by atoms with Crippen LogP contribution in [0.4, 0.5) is 9.59 Å². The number of hydrogen-bond acceptors (Lipinski definition) is 6. The molecule has 0 aliphatic carbocycles. The van der Waals surface area contributed by atoms with Crippen LogP contribution in [0.15, 0.2) is 35.5 Å². The van der Waals surface area contributed by atoms with Gasteiger partial charge in [0.2, 0.25) is 0 Å². The summed E-state index contributed by atoms with van der Waals surface area (Å²) in [7, 11) is 0. The van der Waals surface area contributed by atoms with Crippen LogP contribution in [0.25, 0.3) is 0 Å². The van der Waals surface area contributed by atoms with Crippen LogP contribution in [0, 0.1) is 6.92 Å². The maximum atomic E-state index is 12.9. The molecule has 0 spiro atoms. The Morgan fingerprint density at radius 3 is 2.29 bits per heavy atom. The summed E-state index contributed by atoms with van der Waals surface area (Å²) in [5, 5.41) is 5.65. The van der Waals surface area contributed by atoms with E-state index in [1.54, 1.807) is 18.7 Å². The van der Waals surface area contributed by atoms with Crippen molar-refractivity contribution in [3.63, 3.8) is 0 Å². The number of aryl methyl sites for hydroxylation is 1. The Bertz CT molecular complexity index is 844. The average molecular weight is 431 g/mol. The SMILES string of the molecule is CCOC(=O)C1=C(CN2CCN(C(=O)OCC)CC2)NC(=O)N[C@@H]1c1ccc(C)cc1. The third kappa shape index (κ3) is 5.55. The zero-order valence-electron chi connectivity index (χ0n) is 18.3. The molecule has 1 atom stereocenters. The van der Waals surface area contributed by atoms with Crippen molar-refractivity contribution in [1.82, 2.24) is 20.4 Å². The summed E-state index contributed by atoms with van der Waals surface area (Å²) in [5.41, 5.74) is 2.83. The maximum absolute atomic E-state index is 12.9. The normalized spacial score (nSPS) is 19.5. The lowest BCUT2D eigenvalue weighted by atomic mass is 9.94. The molecule has 1 aromatic carbocycles. The quantitative estimate of drug-likeness (QED) is 0.669. The number of piperazine rings is 1. The van der Waals surface area contributed by atoms with E-state index < -0.39 is 12.0 Å². The molecule has 1 saturated heterocycles.